The average Bonchev–Trinajstić information content (AvgIpc) is 3.00. The zero-order chi connectivity index (χ0) is 18.3. The number of ether oxygens (including phenoxy) is 1. The van der Waals surface area contributed by atoms with Gasteiger partial charge in [0, 0.05) is 37.2 Å². The summed E-state index contributed by atoms with van der Waals surface area (Å²) in [7, 11) is -2.87. The standard InChI is InChI=1S/C18H23ClN2O4S/c19-15-1-2-17-13(10-15)9-14(11-25-17)18(22)21-6-4-20(5-7-21)16-3-8-26(23,24)12-16/h1-2,10,14,16H,3-9,11-12H2/t14-,16+/m1/s1. The van der Waals surface area contributed by atoms with Crippen molar-refractivity contribution in [3.05, 3.63) is 28.8 Å². The largest absolute Gasteiger partial charge is 0.492 e. The van der Waals surface area contributed by atoms with Crippen molar-refractivity contribution in [1.82, 2.24) is 9.80 Å². The highest BCUT2D eigenvalue weighted by atomic mass is 35.5. The molecule has 8 heteroatoms. The highest BCUT2D eigenvalue weighted by Gasteiger charge is 2.36. The topological polar surface area (TPSA) is 66.9 Å². The fourth-order valence-corrected chi connectivity index (χ4v) is 6.11. The molecule has 0 N–H and O–H groups in total. The van der Waals surface area contributed by atoms with Crippen LogP contribution in [-0.2, 0) is 21.1 Å². The van der Waals surface area contributed by atoms with Crippen LogP contribution in [0.25, 0.3) is 0 Å². The summed E-state index contributed by atoms with van der Waals surface area (Å²) < 4.78 is 29.1. The van der Waals surface area contributed by atoms with Gasteiger partial charge in [-0.1, -0.05) is 11.6 Å². The number of amides is 1. The molecule has 0 unspecified atom stereocenters. The number of fused-ring (bicyclic) bond motifs is 1. The maximum absolute atomic E-state index is 12.9. The van der Waals surface area contributed by atoms with Gasteiger partial charge in [0.1, 0.15) is 12.4 Å². The number of halogens is 1. The van der Waals surface area contributed by atoms with E-state index in [1.54, 1.807) is 6.07 Å². The smallest absolute Gasteiger partial charge is 0.229 e. The predicted octanol–water partition coefficient (Wildman–Crippen LogP) is 1.22. The molecule has 0 saturated carbocycles. The first-order valence-electron chi connectivity index (χ1n) is 9.06. The molecule has 1 aromatic rings. The van der Waals surface area contributed by atoms with Crippen LogP contribution < -0.4 is 4.74 Å². The monoisotopic (exact) mass is 398 g/mol. The van der Waals surface area contributed by atoms with Gasteiger partial charge in [-0.3, -0.25) is 9.69 Å². The summed E-state index contributed by atoms with van der Waals surface area (Å²) in [5.41, 5.74) is 0.983. The van der Waals surface area contributed by atoms with E-state index < -0.39 is 9.84 Å². The lowest BCUT2D eigenvalue weighted by atomic mass is 9.95. The Morgan fingerprint density at radius 2 is 1.96 bits per heavy atom. The molecule has 3 aliphatic heterocycles. The zero-order valence-corrected chi connectivity index (χ0v) is 16.1. The van der Waals surface area contributed by atoms with E-state index in [1.165, 1.54) is 0 Å². The number of nitrogens with zero attached hydrogens (tertiary/aromatic N) is 2. The van der Waals surface area contributed by atoms with E-state index in [0.29, 0.717) is 37.6 Å². The zero-order valence-electron chi connectivity index (χ0n) is 14.6. The molecule has 2 atom stereocenters. The van der Waals surface area contributed by atoms with E-state index in [0.717, 1.165) is 24.4 Å². The number of hydrogen-bond donors (Lipinski definition) is 0. The molecule has 1 aromatic carbocycles. The lowest BCUT2D eigenvalue weighted by Gasteiger charge is -2.39. The Bertz CT molecular complexity index is 805. The van der Waals surface area contributed by atoms with Crippen LogP contribution in [0, 0.1) is 5.92 Å². The lowest BCUT2D eigenvalue weighted by molar-refractivity contribution is -0.139. The van der Waals surface area contributed by atoms with Gasteiger partial charge < -0.3 is 9.64 Å². The van der Waals surface area contributed by atoms with E-state index in [9.17, 15) is 13.2 Å². The summed E-state index contributed by atoms with van der Waals surface area (Å²) in [6, 6.07) is 5.64. The molecule has 3 heterocycles. The quantitative estimate of drug-likeness (QED) is 0.749. The third kappa shape index (κ3) is 3.70. The second kappa shape index (κ2) is 7.02. The van der Waals surface area contributed by atoms with Crippen LogP contribution in [-0.4, -0.2) is 74.5 Å². The molecule has 0 radical (unpaired) electrons. The second-order valence-corrected chi connectivity index (χ2v) is 10.0. The first-order valence-corrected chi connectivity index (χ1v) is 11.3. The number of hydrogen-bond acceptors (Lipinski definition) is 5. The number of carbonyl (C=O) groups excluding carboxylic acids is 1. The van der Waals surface area contributed by atoms with E-state index in [1.807, 2.05) is 17.0 Å². The van der Waals surface area contributed by atoms with Crippen molar-refractivity contribution in [2.75, 3.05) is 44.3 Å². The van der Waals surface area contributed by atoms with Crippen LogP contribution >= 0.6 is 11.6 Å². The first kappa shape index (κ1) is 18.1. The molecule has 0 aliphatic carbocycles. The van der Waals surface area contributed by atoms with Gasteiger partial charge in [0.05, 0.1) is 17.4 Å². The summed E-state index contributed by atoms with van der Waals surface area (Å²) in [6.45, 7) is 3.17. The molecular weight excluding hydrogens is 376 g/mol. The lowest BCUT2D eigenvalue weighted by Crippen LogP contribution is -2.54. The van der Waals surface area contributed by atoms with Crippen LogP contribution in [0.3, 0.4) is 0 Å². The van der Waals surface area contributed by atoms with Crippen molar-refractivity contribution in [1.29, 1.82) is 0 Å². The van der Waals surface area contributed by atoms with Gasteiger partial charge in [-0.25, -0.2) is 8.42 Å². The first-order chi connectivity index (χ1) is 12.4. The van der Waals surface area contributed by atoms with Gasteiger partial charge in [0.15, 0.2) is 9.84 Å². The molecule has 26 heavy (non-hydrogen) atoms. The minimum absolute atomic E-state index is 0.115. The number of sulfone groups is 1. The molecule has 2 fully saturated rings. The molecule has 0 aromatic heterocycles. The highest BCUT2D eigenvalue weighted by molar-refractivity contribution is 7.91. The van der Waals surface area contributed by atoms with Gasteiger partial charge in [-0.05, 0) is 36.6 Å². The van der Waals surface area contributed by atoms with E-state index in [-0.39, 0.29) is 29.4 Å². The Hall–Kier alpha value is -1.31. The highest BCUT2D eigenvalue weighted by Crippen LogP contribution is 2.30. The molecular formula is C18H23ClN2O4S. The van der Waals surface area contributed by atoms with Crippen LogP contribution in [0.1, 0.15) is 12.0 Å². The Morgan fingerprint density at radius 3 is 2.65 bits per heavy atom. The molecule has 1 amide bonds. The van der Waals surface area contributed by atoms with Crippen LogP contribution in [0.4, 0.5) is 0 Å². The van der Waals surface area contributed by atoms with Gasteiger partial charge >= 0.3 is 0 Å². The Balaban J connectivity index is 1.34. The molecule has 6 nitrogen and oxygen atoms in total. The predicted molar refractivity (Wildman–Crippen MR) is 99.4 cm³/mol. The van der Waals surface area contributed by atoms with E-state index in [2.05, 4.69) is 4.90 Å². The third-order valence-electron chi connectivity index (χ3n) is 5.63. The maximum atomic E-state index is 12.9. The summed E-state index contributed by atoms with van der Waals surface area (Å²) in [4.78, 5) is 17.0. The molecule has 3 aliphatic rings. The SMILES string of the molecule is O=C([C@H]1COc2ccc(Cl)cc2C1)N1CCN([C@H]2CCS(=O)(=O)C2)CC1. The Kier molecular flexibility index (Phi) is 4.88. The van der Waals surface area contributed by atoms with E-state index >= 15 is 0 Å². The van der Waals surface area contributed by atoms with Crippen molar-refractivity contribution in [2.45, 2.75) is 18.9 Å². The molecule has 0 bridgehead atoms. The van der Waals surface area contributed by atoms with Gasteiger partial charge in [0.25, 0.3) is 0 Å². The van der Waals surface area contributed by atoms with E-state index in [4.69, 9.17) is 16.3 Å². The van der Waals surface area contributed by atoms with Crippen LogP contribution in [0.15, 0.2) is 18.2 Å². The fourth-order valence-electron chi connectivity index (χ4n) is 4.15. The Morgan fingerprint density at radius 1 is 1.19 bits per heavy atom. The normalized spacial score (nSPS) is 28.4. The van der Waals surface area contributed by atoms with Crippen LogP contribution in [0.5, 0.6) is 5.75 Å². The van der Waals surface area contributed by atoms with Crippen molar-refractivity contribution >= 4 is 27.3 Å². The summed E-state index contributed by atoms with van der Waals surface area (Å²) >= 11 is 6.05. The molecule has 2 saturated heterocycles. The molecule has 4 rings (SSSR count). The number of benzene rings is 1. The Labute approximate surface area is 159 Å². The summed E-state index contributed by atoms with van der Waals surface area (Å²) in [5, 5.41) is 0.653. The van der Waals surface area contributed by atoms with Crippen LogP contribution in [0.2, 0.25) is 5.02 Å². The minimum atomic E-state index is -2.87. The average molecular weight is 399 g/mol. The van der Waals surface area contributed by atoms with Crippen molar-refractivity contribution < 1.29 is 17.9 Å². The van der Waals surface area contributed by atoms with Crippen molar-refractivity contribution in [3.8, 4) is 5.75 Å². The van der Waals surface area contributed by atoms with Gasteiger partial charge in [0.2, 0.25) is 5.91 Å². The van der Waals surface area contributed by atoms with Gasteiger partial charge in [-0.2, -0.15) is 0 Å². The maximum Gasteiger partial charge on any atom is 0.229 e. The fraction of sp³-hybridized carbons (Fsp3) is 0.611. The number of rotatable bonds is 2. The third-order valence-corrected chi connectivity index (χ3v) is 7.61. The summed E-state index contributed by atoms with van der Waals surface area (Å²) in [5.74, 6) is 1.30. The van der Waals surface area contributed by atoms with Crippen molar-refractivity contribution in [3.63, 3.8) is 0 Å². The second-order valence-electron chi connectivity index (χ2n) is 7.38. The van der Waals surface area contributed by atoms with Gasteiger partial charge in [-0.15, -0.1) is 0 Å². The van der Waals surface area contributed by atoms with Crippen molar-refractivity contribution in [2.24, 2.45) is 5.92 Å². The number of carbonyl (C=O) groups is 1. The molecule has 142 valence electrons. The molecule has 0 spiro atoms. The minimum Gasteiger partial charge on any atom is -0.492 e. The summed E-state index contributed by atoms with van der Waals surface area (Å²) in [6.07, 6.45) is 1.36. The number of piperazine rings is 1.